The highest BCUT2D eigenvalue weighted by Crippen LogP contribution is 2.32. The van der Waals surface area contributed by atoms with E-state index in [4.69, 9.17) is 0 Å². The zero-order valence-electron chi connectivity index (χ0n) is 8.30. The lowest BCUT2D eigenvalue weighted by Gasteiger charge is -2.27. The fourth-order valence-corrected chi connectivity index (χ4v) is 1.82. The Morgan fingerprint density at radius 3 is 2.80 bits per heavy atom. The number of fused-ring (bicyclic) bond motifs is 1. The van der Waals surface area contributed by atoms with Crippen molar-refractivity contribution in [3.05, 3.63) is 23.5 Å². The highest BCUT2D eigenvalue weighted by atomic mass is 19.4. The van der Waals surface area contributed by atoms with Crippen molar-refractivity contribution in [1.29, 1.82) is 0 Å². The summed E-state index contributed by atoms with van der Waals surface area (Å²) < 4.78 is 37.1. The Balaban J connectivity index is 2.42. The molecule has 1 aromatic heterocycles. The van der Waals surface area contributed by atoms with Gasteiger partial charge in [0.25, 0.3) is 0 Å². The summed E-state index contributed by atoms with van der Waals surface area (Å²) in [5.74, 6) is 0. The van der Waals surface area contributed by atoms with Gasteiger partial charge >= 0.3 is 6.18 Å². The van der Waals surface area contributed by atoms with Crippen molar-refractivity contribution in [2.24, 2.45) is 0 Å². The number of anilines is 1. The van der Waals surface area contributed by atoms with Crippen LogP contribution in [0.3, 0.4) is 0 Å². The van der Waals surface area contributed by atoms with Crippen molar-refractivity contribution in [3.63, 3.8) is 0 Å². The molecule has 1 aromatic rings. The maximum absolute atomic E-state index is 12.4. The van der Waals surface area contributed by atoms with E-state index in [2.05, 4.69) is 4.98 Å². The van der Waals surface area contributed by atoms with E-state index < -0.39 is 11.9 Å². The van der Waals surface area contributed by atoms with E-state index in [1.165, 1.54) is 6.20 Å². The number of aromatic nitrogens is 1. The summed E-state index contributed by atoms with van der Waals surface area (Å²) in [5.41, 5.74) is 0.761. The summed E-state index contributed by atoms with van der Waals surface area (Å²) in [4.78, 5) is 5.38. The smallest absolute Gasteiger partial charge is 0.373 e. The fourth-order valence-electron chi connectivity index (χ4n) is 1.82. The highest BCUT2D eigenvalue weighted by Gasteiger charge is 2.33. The average molecular weight is 216 g/mol. The first-order valence-electron chi connectivity index (χ1n) is 4.76. The van der Waals surface area contributed by atoms with Crippen molar-refractivity contribution in [1.82, 2.24) is 4.98 Å². The molecular weight excluding hydrogens is 205 g/mol. The third-order valence-corrected chi connectivity index (χ3v) is 2.61. The van der Waals surface area contributed by atoms with Crippen molar-refractivity contribution in [2.75, 3.05) is 18.5 Å². The Hall–Kier alpha value is -1.26. The van der Waals surface area contributed by atoms with Crippen LogP contribution in [0.15, 0.2) is 12.3 Å². The molecule has 1 aliphatic heterocycles. The van der Waals surface area contributed by atoms with Gasteiger partial charge in [-0.2, -0.15) is 13.2 Å². The van der Waals surface area contributed by atoms with Crippen LogP contribution in [0.4, 0.5) is 18.9 Å². The van der Waals surface area contributed by atoms with Crippen LogP contribution in [0.1, 0.15) is 17.7 Å². The molecule has 2 nitrogen and oxygen atoms in total. The number of halogens is 3. The molecule has 0 fully saturated rings. The summed E-state index contributed by atoms with van der Waals surface area (Å²) in [6.07, 6.45) is -1.43. The second-order valence-corrected chi connectivity index (χ2v) is 3.72. The van der Waals surface area contributed by atoms with Gasteiger partial charge in [0.05, 0.1) is 11.9 Å². The monoisotopic (exact) mass is 216 g/mol. The Bertz CT molecular complexity index is 373. The quantitative estimate of drug-likeness (QED) is 0.662. The first-order chi connectivity index (χ1) is 6.98. The van der Waals surface area contributed by atoms with E-state index in [0.717, 1.165) is 30.3 Å². The van der Waals surface area contributed by atoms with Crippen LogP contribution in [0.25, 0.3) is 0 Å². The Kier molecular flexibility index (Phi) is 2.32. The standard InChI is InChI=1S/C10H11F3N2/c1-15-4-2-3-7-5-9(10(11,12)13)14-6-8(7)15/h5-6H,2-4H2,1H3. The van der Waals surface area contributed by atoms with Crippen LogP contribution in [0.2, 0.25) is 0 Å². The van der Waals surface area contributed by atoms with Crippen molar-refractivity contribution >= 4 is 5.69 Å². The minimum Gasteiger partial charge on any atom is -0.373 e. The topological polar surface area (TPSA) is 16.1 Å². The number of alkyl halides is 3. The number of aryl methyl sites for hydroxylation is 1. The van der Waals surface area contributed by atoms with Gasteiger partial charge in [-0.25, -0.2) is 4.98 Å². The molecule has 0 saturated heterocycles. The normalized spacial score (nSPS) is 16.4. The number of pyridine rings is 1. The van der Waals surface area contributed by atoms with Gasteiger partial charge in [-0.3, -0.25) is 0 Å². The van der Waals surface area contributed by atoms with Crippen molar-refractivity contribution < 1.29 is 13.2 Å². The van der Waals surface area contributed by atoms with Crippen LogP contribution >= 0.6 is 0 Å². The number of nitrogens with zero attached hydrogens (tertiary/aromatic N) is 2. The maximum atomic E-state index is 12.4. The van der Waals surface area contributed by atoms with Gasteiger partial charge in [-0.15, -0.1) is 0 Å². The number of rotatable bonds is 0. The molecule has 0 amide bonds. The summed E-state index contributed by atoms with van der Waals surface area (Å²) in [7, 11) is 1.87. The molecule has 0 radical (unpaired) electrons. The van der Waals surface area contributed by atoms with Crippen LogP contribution in [-0.4, -0.2) is 18.6 Å². The maximum Gasteiger partial charge on any atom is 0.433 e. The van der Waals surface area contributed by atoms with Gasteiger partial charge in [0.1, 0.15) is 5.69 Å². The van der Waals surface area contributed by atoms with Crippen LogP contribution < -0.4 is 4.90 Å². The summed E-state index contributed by atoms with van der Waals surface area (Å²) in [6.45, 7) is 0.875. The van der Waals surface area contributed by atoms with Gasteiger partial charge in [0, 0.05) is 13.6 Å². The zero-order chi connectivity index (χ0) is 11.1. The molecule has 0 bridgehead atoms. The second kappa shape index (κ2) is 3.40. The molecule has 0 aromatic carbocycles. The fraction of sp³-hybridized carbons (Fsp3) is 0.500. The van der Waals surface area contributed by atoms with Gasteiger partial charge < -0.3 is 4.90 Å². The largest absolute Gasteiger partial charge is 0.433 e. The third-order valence-electron chi connectivity index (χ3n) is 2.61. The van der Waals surface area contributed by atoms with Crippen LogP contribution in [0.5, 0.6) is 0 Å². The molecule has 82 valence electrons. The number of hydrogen-bond acceptors (Lipinski definition) is 2. The third kappa shape index (κ3) is 1.91. The molecule has 2 rings (SSSR count). The lowest BCUT2D eigenvalue weighted by atomic mass is 10.0. The van der Waals surface area contributed by atoms with E-state index in [9.17, 15) is 13.2 Å². The minimum atomic E-state index is -4.34. The first-order valence-corrected chi connectivity index (χ1v) is 4.76. The molecule has 0 atom stereocenters. The van der Waals surface area contributed by atoms with Crippen LogP contribution in [0, 0.1) is 0 Å². The predicted octanol–water partition coefficient (Wildman–Crippen LogP) is 2.48. The summed E-state index contributed by atoms with van der Waals surface area (Å²) in [6, 6.07) is 1.16. The van der Waals surface area contributed by atoms with Crippen molar-refractivity contribution in [2.45, 2.75) is 19.0 Å². The summed E-state index contributed by atoms with van der Waals surface area (Å²) >= 11 is 0. The SMILES string of the molecule is CN1CCCc2cc(C(F)(F)F)ncc21. The molecule has 2 heterocycles. The molecular formula is C10H11F3N2. The molecule has 0 aliphatic carbocycles. The Morgan fingerprint density at radius 1 is 1.40 bits per heavy atom. The van der Waals surface area contributed by atoms with Gasteiger partial charge in [0.15, 0.2) is 0 Å². The van der Waals surface area contributed by atoms with E-state index in [-0.39, 0.29) is 0 Å². The number of hydrogen-bond donors (Lipinski definition) is 0. The molecule has 15 heavy (non-hydrogen) atoms. The molecule has 1 aliphatic rings. The average Bonchev–Trinajstić information content (AvgIpc) is 2.16. The van der Waals surface area contributed by atoms with Gasteiger partial charge in [0.2, 0.25) is 0 Å². The van der Waals surface area contributed by atoms with Gasteiger partial charge in [-0.05, 0) is 24.5 Å². The molecule has 0 spiro atoms. The second-order valence-electron chi connectivity index (χ2n) is 3.72. The molecule has 5 heteroatoms. The van der Waals surface area contributed by atoms with Gasteiger partial charge in [-0.1, -0.05) is 0 Å². The highest BCUT2D eigenvalue weighted by molar-refractivity contribution is 5.53. The van der Waals surface area contributed by atoms with E-state index >= 15 is 0 Å². The molecule has 0 unspecified atom stereocenters. The molecule has 0 N–H and O–H groups in total. The minimum absolute atomic E-state index is 0.700. The molecule has 0 saturated carbocycles. The van der Waals surface area contributed by atoms with E-state index in [1.54, 1.807) is 0 Å². The van der Waals surface area contributed by atoms with Crippen molar-refractivity contribution in [3.8, 4) is 0 Å². The van der Waals surface area contributed by atoms with E-state index in [0.29, 0.717) is 6.42 Å². The first kappa shape index (κ1) is 10.3. The lowest BCUT2D eigenvalue weighted by Crippen LogP contribution is -2.25. The Morgan fingerprint density at radius 2 is 2.13 bits per heavy atom. The van der Waals surface area contributed by atoms with Crippen LogP contribution in [-0.2, 0) is 12.6 Å². The Labute approximate surface area is 85.7 Å². The zero-order valence-corrected chi connectivity index (χ0v) is 8.30. The predicted molar refractivity (Wildman–Crippen MR) is 50.8 cm³/mol. The lowest BCUT2D eigenvalue weighted by molar-refractivity contribution is -0.141. The summed E-state index contributed by atoms with van der Waals surface area (Å²) in [5, 5.41) is 0. The van der Waals surface area contributed by atoms with E-state index in [1.807, 2.05) is 11.9 Å².